The van der Waals surface area contributed by atoms with Crippen molar-refractivity contribution in [2.45, 2.75) is 25.4 Å². The first-order valence-electron chi connectivity index (χ1n) is 3.26. The summed E-state index contributed by atoms with van der Waals surface area (Å²) in [5.41, 5.74) is 0.354. The van der Waals surface area contributed by atoms with Crippen LogP contribution in [0.1, 0.15) is 19.3 Å². The van der Waals surface area contributed by atoms with E-state index >= 15 is 0 Å². The Morgan fingerprint density at radius 1 is 1.40 bits per heavy atom. The summed E-state index contributed by atoms with van der Waals surface area (Å²) in [6.07, 6.45) is -2.62. The SMILES string of the molecule is C=C1CCCC1C(F)(F)F. The number of hydrogen-bond acceptors (Lipinski definition) is 0. The van der Waals surface area contributed by atoms with Crippen LogP contribution in [0.4, 0.5) is 13.2 Å². The van der Waals surface area contributed by atoms with E-state index < -0.39 is 12.1 Å². The molecule has 10 heavy (non-hydrogen) atoms. The van der Waals surface area contributed by atoms with Gasteiger partial charge in [0, 0.05) is 0 Å². The van der Waals surface area contributed by atoms with Gasteiger partial charge in [-0.25, -0.2) is 0 Å². The van der Waals surface area contributed by atoms with Crippen molar-refractivity contribution in [1.29, 1.82) is 0 Å². The molecule has 0 aromatic rings. The standard InChI is InChI=1S/C7H9F3/c1-5-3-2-4-6(5)7(8,9)10/h6H,1-4H2. The van der Waals surface area contributed by atoms with Gasteiger partial charge < -0.3 is 0 Å². The molecule has 0 N–H and O–H groups in total. The monoisotopic (exact) mass is 150 g/mol. The van der Waals surface area contributed by atoms with E-state index in [2.05, 4.69) is 6.58 Å². The van der Waals surface area contributed by atoms with Crippen molar-refractivity contribution in [2.24, 2.45) is 5.92 Å². The molecular weight excluding hydrogens is 141 g/mol. The second-order valence-electron chi connectivity index (χ2n) is 2.64. The highest BCUT2D eigenvalue weighted by Gasteiger charge is 2.42. The van der Waals surface area contributed by atoms with E-state index in [1.807, 2.05) is 0 Å². The van der Waals surface area contributed by atoms with Crippen molar-refractivity contribution in [3.63, 3.8) is 0 Å². The Kier molecular flexibility index (Phi) is 1.75. The van der Waals surface area contributed by atoms with E-state index in [1.54, 1.807) is 0 Å². The molecule has 0 heterocycles. The van der Waals surface area contributed by atoms with Crippen LogP contribution in [-0.4, -0.2) is 6.18 Å². The van der Waals surface area contributed by atoms with Gasteiger partial charge >= 0.3 is 6.18 Å². The van der Waals surface area contributed by atoms with E-state index in [9.17, 15) is 13.2 Å². The number of rotatable bonds is 0. The van der Waals surface area contributed by atoms with Crippen LogP contribution in [0.3, 0.4) is 0 Å². The molecule has 1 unspecified atom stereocenters. The third-order valence-corrected chi connectivity index (χ3v) is 1.88. The molecule has 0 bridgehead atoms. The fourth-order valence-electron chi connectivity index (χ4n) is 1.31. The molecule has 3 heteroatoms. The average molecular weight is 150 g/mol. The zero-order valence-corrected chi connectivity index (χ0v) is 5.54. The Hall–Kier alpha value is -0.470. The van der Waals surface area contributed by atoms with Gasteiger partial charge in [-0.15, -0.1) is 0 Å². The predicted molar refractivity (Wildman–Crippen MR) is 32.5 cm³/mol. The van der Waals surface area contributed by atoms with E-state index in [4.69, 9.17) is 0 Å². The largest absolute Gasteiger partial charge is 0.395 e. The van der Waals surface area contributed by atoms with Crippen LogP contribution >= 0.6 is 0 Å². The molecule has 1 aliphatic rings. The van der Waals surface area contributed by atoms with Gasteiger partial charge in [-0.3, -0.25) is 0 Å². The third kappa shape index (κ3) is 1.33. The Morgan fingerprint density at radius 3 is 2.20 bits per heavy atom. The molecule has 58 valence electrons. The number of alkyl halides is 3. The first-order valence-corrected chi connectivity index (χ1v) is 3.26. The molecule has 0 aliphatic heterocycles. The normalized spacial score (nSPS) is 27.5. The van der Waals surface area contributed by atoms with Crippen molar-refractivity contribution in [3.8, 4) is 0 Å². The number of allylic oxidation sites excluding steroid dienone is 1. The molecule has 0 amide bonds. The van der Waals surface area contributed by atoms with Gasteiger partial charge in [-0.05, 0) is 19.3 Å². The van der Waals surface area contributed by atoms with Gasteiger partial charge in [-0.2, -0.15) is 13.2 Å². The van der Waals surface area contributed by atoms with Crippen LogP contribution < -0.4 is 0 Å². The minimum Gasteiger partial charge on any atom is -0.170 e. The van der Waals surface area contributed by atoms with Crippen LogP contribution in [0, 0.1) is 5.92 Å². The van der Waals surface area contributed by atoms with Crippen LogP contribution in [0.5, 0.6) is 0 Å². The van der Waals surface area contributed by atoms with E-state index in [1.165, 1.54) is 0 Å². The maximum Gasteiger partial charge on any atom is 0.395 e. The molecule has 1 saturated carbocycles. The highest BCUT2D eigenvalue weighted by atomic mass is 19.4. The first-order chi connectivity index (χ1) is 4.52. The van der Waals surface area contributed by atoms with Crippen molar-refractivity contribution < 1.29 is 13.2 Å². The number of hydrogen-bond donors (Lipinski definition) is 0. The summed E-state index contributed by atoms with van der Waals surface area (Å²) in [4.78, 5) is 0. The fraction of sp³-hybridized carbons (Fsp3) is 0.714. The summed E-state index contributed by atoms with van der Waals surface area (Å²) in [6.45, 7) is 3.38. The van der Waals surface area contributed by atoms with Crippen molar-refractivity contribution in [2.75, 3.05) is 0 Å². The van der Waals surface area contributed by atoms with Crippen molar-refractivity contribution in [1.82, 2.24) is 0 Å². The average Bonchev–Trinajstić information content (AvgIpc) is 2.11. The second-order valence-corrected chi connectivity index (χ2v) is 2.64. The number of halogens is 3. The Balaban J connectivity index is 2.64. The molecule has 0 saturated heterocycles. The minimum absolute atomic E-state index is 0.238. The highest BCUT2D eigenvalue weighted by molar-refractivity contribution is 5.08. The molecule has 0 aromatic heterocycles. The van der Waals surface area contributed by atoms with Crippen molar-refractivity contribution >= 4 is 0 Å². The molecule has 1 fully saturated rings. The van der Waals surface area contributed by atoms with Gasteiger partial charge in [0.2, 0.25) is 0 Å². The topological polar surface area (TPSA) is 0 Å². The first kappa shape index (κ1) is 7.63. The summed E-state index contributed by atoms with van der Waals surface area (Å²) >= 11 is 0. The van der Waals surface area contributed by atoms with Gasteiger partial charge in [0.15, 0.2) is 0 Å². The second kappa shape index (κ2) is 2.29. The zero-order chi connectivity index (χ0) is 7.78. The van der Waals surface area contributed by atoms with Gasteiger partial charge in [0.1, 0.15) is 0 Å². The Labute approximate surface area is 57.7 Å². The Morgan fingerprint density at radius 2 is 2.00 bits per heavy atom. The Bertz CT molecular complexity index is 145. The molecule has 1 atom stereocenters. The zero-order valence-electron chi connectivity index (χ0n) is 5.54. The quantitative estimate of drug-likeness (QED) is 0.466. The maximum atomic E-state index is 12.0. The summed E-state index contributed by atoms with van der Waals surface area (Å²) in [6, 6.07) is 0. The third-order valence-electron chi connectivity index (χ3n) is 1.88. The summed E-state index contributed by atoms with van der Waals surface area (Å²) in [5, 5.41) is 0. The molecule has 1 rings (SSSR count). The summed E-state index contributed by atoms with van der Waals surface area (Å²) in [7, 11) is 0. The fourth-order valence-corrected chi connectivity index (χ4v) is 1.31. The van der Waals surface area contributed by atoms with Crippen molar-refractivity contribution in [3.05, 3.63) is 12.2 Å². The smallest absolute Gasteiger partial charge is 0.170 e. The van der Waals surface area contributed by atoms with Crippen LogP contribution in [0.2, 0.25) is 0 Å². The van der Waals surface area contributed by atoms with Crippen LogP contribution in [-0.2, 0) is 0 Å². The van der Waals surface area contributed by atoms with Crippen LogP contribution in [0.25, 0.3) is 0 Å². The lowest BCUT2D eigenvalue weighted by Gasteiger charge is -2.14. The van der Waals surface area contributed by atoms with E-state index in [0.29, 0.717) is 18.4 Å². The summed E-state index contributed by atoms with van der Waals surface area (Å²) < 4.78 is 35.9. The van der Waals surface area contributed by atoms with E-state index in [-0.39, 0.29) is 6.42 Å². The lowest BCUT2D eigenvalue weighted by atomic mass is 10.0. The molecule has 0 radical (unpaired) electrons. The van der Waals surface area contributed by atoms with Gasteiger partial charge in [0.25, 0.3) is 0 Å². The lowest BCUT2D eigenvalue weighted by molar-refractivity contribution is -0.162. The summed E-state index contributed by atoms with van der Waals surface area (Å²) in [5.74, 6) is -1.22. The predicted octanol–water partition coefficient (Wildman–Crippen LogP) is 2.91. The molecule has 1 aliphatic carbocycles. The molecular formula is C7H9F3. The maximum absolute atomic E-state index is 12.0. The minimum atomic E-state index is -4.05. The molecule has 0 nitrogen and oxygen atoms in total. The lowest BCUT2D eigenvalue weighted by Crippen LogP contribution is -2.20. The van der Waals surface area contributed by atoms with Gasteiger partial charge in [-0.1, -0.05) is 12.2 Å². The molecule has 0 spiro atoms. The van der Waals surface area contributed by atoms with E-state index in [0.717, 1.165) is 0 Å². The van der Waals surface area contributed by atoms with Crippen LogP contribution in [0.15, 0.2) is 12.2 Å². The van der Waals surface area contributed by atoms with Gasteiger partial charge in [0.05, 0.1) is 5.92 Å². The highest BCUT2D eigenvalue weighted by Crippen LogP contribution is 2.41. The molecule has 0 aromatic carbocycles.